The molecule has 0 bridgehead atoms. The third-order valence-corrected chi connectivity index (χ3v) is 5.15. The first-order valence-electron chi connectivity index (χ1n) is 11.8. The average Bonchev–Trinajstić information content (AvgIpc) is 3.28. The van der Waals surface area contributed by atoms with Crippen molar-refractivity contribution in [2.24, 2.45) is 0 Å². The van der Waals surface area contributed by atoms with Crippen LogP contribution in [0.5, 0.6) is 11.5 Å². The molecule has 0 aliphatic carbocycles. The van der Waals surface area contributed by atoms with Crippen molar-refractivity contribution < 1.29 is 23.0 Å². The number of fused-ring (bicyclic) bond motifs is 1. The fourth-order valence-electron chi connectivity index (χ4n) is 2.92. The van der Waals surface area contributed by atoms with E-state index < -0.39 is 12.1 Å². The van der Waals surface area contributed by atoms with E-state index in [2.05, 4.69) is 6.58 Å². The Hall–Kier alpha value is -2.48. The van der Waals surface area contributed by atoms with E-state index in [0.717, 1.165) is 0 Å². The lowest BCUT2D eigenvalue weighted by Gasteiger charge is -2.29. The van der Waals surface area contributed by atoms with Crippen LogP contribution in [0.25, 0.3) is 0 Å². The summed E-state index contributed by atoms with van der Waals surface area (Å²) in [7, 11) is 0. The number of nitrogens with zero attached hydrogens (tertiary/aromatic N) is 1. The normalized spacial score (nSPS) is 15.6. The maximum Gasteiger partial charge on any atom is 0.267 e. The molecule has 1 atom stereocenters. The zero-order chi connectivity index (χ0) is 27.1. The third-order valence-electron chi connectivity index (χ3n) is 4.50. The fraction of sp³-hybridized carbons (Fsp3) is 0.393. The van der Waals surface area contributed by atoms with Crippen molar-refractivity contribution in [3.8, 4) is 11.5 Å². The molecule has 0 aromatic heterocycles. The van der Waals surface area contributed by atoms with Crippen molar-refractivity contribution in [1.82, 2.24) is 4.90 Å². The monoisotopic (exact) mass is 539 g/mol. The van der Waals surface area contributed by atoms with E-state index in [1.165, 1.54) is 23.8 Å². The molecule has 0 saturated carbocycles. The van der Waals surface area contributed by atoms with Gasteiger partial charge in [-0.25, -0.2) is 8.78 Å². The predicted octanol–water partition coefficient (Wildman–Crippen LogP) is 7.85. The second-order valence-electron chi connectivity index (χ2n) is 7.73. The number of rotatable bonds is 3. The Bertz CT molecular complexity index is 989. The molecule has 0 amide bonds. The van der Waals surface area contributed by atoms with E-state index in [1.54, 1.807) is 18.2 Å². The number of benzene rings is 2. The molecule has 0 spiro atoms. The van der Waals surface area contributed by atoms with Gasteiger partial charge in [-0.3, -0.25) is 0 Å². The van der Waals surface area contributed by atoms with Crippen LogP contribution < -0.4 is 9.47 Å². The van der Waals surface area contributed by atoms with Gasteiger partial charge in [0.15, 0.2) is 11.5 Å². The number of halogens is 3. The summed E-state index contributed by atoms with van der Waals surface area (Å²) >= 11 is 10.6. The van der Waals surface area contributed by atoms with Crippen molar-refractivity contribution in [3.63, 3.8) is 0 Å². The molecule has 0 radical (unpaired) electrons. The van der Waals surface area contributed by atoms with Gasteiger partial charge in [0.2, 0.25) is 0 Å². The number of thiocarbonyl (C=S) groups is 1. The van der Waals surface area contributed by atoms with Gasteiger partial charge >= 0.3 is 0 Å². The molecule has 4 nitrogen and oxygen atoms in total. The number of hydrogen-bond acceptors (Lipinski definition) is 4. The summed E-state index contributed by atoms with van der Waals surface area (Å²) in [5.41, 5.74) is 2.12. The van der Waals surface area contributed by atoms with Crippen LogP contribution in [0.15, 0.2) is 60.7 Å². The molecule has 1 fully saturated rings. The van der Waals surface area contributed by atoms with E-state index in [9.17, 15) is 8.78 Å². The molecular weight excluding hydrogens is 504 g/mol. The summed E-state index contributed by atoms with van der Waals surface area (Å²) < 4.78 is 44.2. The summed E-state index contributed by atoms with van der Waals surface area (Å²) in [6.45, 7) is 15.8. The molecule has 2 aliphatic rings. The van der Waals surface area contributed by atoms with Crippen LogP contribution in [0.4, 0.5) is 8.78 Å². The van der Waals surface area contributed by atoms with E-state index >= 15 is 0 Å². The standard InChI is InChI=1S/C18H15F2NO3S.C4H7Cl.C4H8.C2H6/c19-12-3-1-11(2-4-12)18-23-15-9-13(14(20)10-16(15)24-18)17(25)21-5-7-22-8-6-21;1-2-3-4-5;1-4(2)3;1-2/h1-4,9-10,18H,5-8H2;2-3H,4H2,1H3;1H2,2-3H3;1-2H3/b;3-2-;;. The largest absolute Gasteiger partial charge is 0.447 e. The van der Waals surface area contributed by atoms with Crippen LogP contribution in [0.1, 0.15) is 52.0 Å². The Balaban J connectivity index is 0.000000504. The molecule has 1 unspecified atom stereocenters. The molecule has 8 heteroatoms. The molecule has 0 N–H and O–H groups in total. The summed E-state index contributed by atoms with van der Waals surface area (Å²) in [6, 6.07) is 8.63. The number of allylic oxidation sites excluding steroid dienone is 3. The van der Waals surface area contributed by atoms with Gasteiger partial charge in [0.25, 0.3) is 6.29 Å². The highest BCUT2D eigenvalue weighted by atomic mass is 35.5. The molecule has 2 aromatic carbocycles. The lowest BCUT2D eigenvalue weighted by Crippen LogP contribution is -2.40. The van der Waals surface area contributed by atoms with Crippen LogP contribution >= 0.6 is 23.8 Å². The smallest absolute Gasteiger partial charge is 0.267 e. The number of hydrogen-bond donors (Lipinski definition) is 0. The molecule has 36 heavy (non-hydrogen) atoms. The predicted molar refractivity (Wildman–Crippen MR) is 148 cm³/mol. The maximum atomic E-state index is 14.5. The summed E-state index contributed by atoms with van der Waals surface area (Å²) in [4.78, 5) is 2.34. The van der Waals surface area contributed by atoms with Crippen LogP contribution in [0.3, 0.4) is 0 Å². The third kappa shape index (κ3) is 10.2. The van der Waals surface area contributed by atoms with Gasteiger partial charge in [0, 0.05) is 36.2 Å². The van der Waals surface area contributed by atoms with Crippen molar-refractivity contribution >= 4 is 28.8 Å². The van der Waals surface area contributed by atoms with Crippen molar-refractivity contribution in [2.75, 3.05) is 32.2 Å². The zero-order valence-corrected chi connectivity index (χ0v) is 23.2. The van der Waals surface area contributed by atoms with E-state index in [1.807, 2.05) is 51.7 Å². The van der Waals surface area contributed by atoms with E-state index in [4.69, 9.17) is 38.0 Å². The lowest BCUT2D eigenvalue weighted by molar-refractivity contribution is 0.0486. The quantitative estimate of drug-likeness (QED) is 0.225. The Morgan fingerprint density at radius 3 is 2.08 bits per heavy atom. The van der Waals surface area contributed by atoms with Gasteiger partial charge in [-0.05, 0) is 51.1 Å². The average molecular weight is 540 g/mol. The molecular formula is C28H36ClF2NO3S. The first-order valence-corrected chi connectivity index (χ1v) is 12.8. The van der Waals surface area contributed by atoms with Crippen LogP contribution in [-0.4, -0.2) is 42.1 Å². The van der Waals surface area contributed by atoms with E-state index in [0.29, 0.717) is 59.8 Å². The van der Waals surface area contributed by atoms with Gasteiger partial charge in [0.1, 0.15) is 16.6 Å². The number of morpholine rings is 1. The highest BCUT2D eigenvalue weighted by Crippen LogP contribution is 2.42. The topological polar surface area (TPSA) is 30.9 Å². The van der Waals surface area contributed by atoms with Crippen molar-refractivity contribution in [1.29, 1.82) is 0 Å². The minimum atomic E-state index is -0.734. The highest BCUT2D eigenvalue weighted by Gasteiger charge is 2.29. The minimum Gasteiger partial charge on any atom is -0.447 e. The summed E-state index contributed by atoms with van der Waals surface area (Å²) in [5, 5.41) is 0. The molecule has 198 valence electrons. The van der Waals surface area contributed by atoms with Crippen molar-refractivity contribution in [3.05, 3.63) is 83.5 Å². The number of ether oxygens (including phenoxy) is 3. The number of alkyl halides is 1. The zero-order valence-electron chi connectivity index (χ0n) is 21.7. The fourth-order valence-corrected chi connectivity index (χ4v) is 3.44. The van der Waals surface area contributed by atoms with Gasteiger partial charge in [-0.15, -0.1) is 18.2 Å². The second-order valence-corrected chi connectivity index (χ2v) is 8.43. The van der Waals surface area contributed by atoms with Gasteiger partial charge in [0.05, 0.1) is 13.2 Å². The first-order chi connectivity index (χ1) is 17.3. The first kappa shape index (κ1) is 31.5. The SMILES string of the molecule is C/C=C\CCl.C=C(C)C.CC.Fc1ccc(C2Oc3cc(F)c(C(=S)N4CCOCC4)cc3O2)cc1. The molecule has 1 saturated heterocycles. The van der Waals surface area contributed by atoms with Crippen molar-refractivity contribution in [2.45, 2.75) is 40.9 Å². The van der Waals surface area contributed by atoms with Crippen LogP contribution in [0, 0.1) is 11.6 Å². The highest BCUT2D eigenvalue weighted by molar-refractivity contribution is 7.80. The van der Waals surface area contributed by atoms with Gasteiger partial charge in [-0.2, -0.15) is 0 Å². The second kappa shape index (κ2) is 17.1. The Labute approximate surface area is 224 Å². The summed E-state index contributed by atoms with van der Waals surface area (Å²) in [6.07, 6.45) is 3.08. The van der Waals surface area contributed by atoms with Crippen LogP contribution in [-0.2, 0) is 4.74 Å². The molecule has 2 aromatic rings. The van der Waals surface area contributed by atoms with Crippen LogP contribution in [0.2, 0.25) is 0 Å². The summed E-state index contributed by atoms with van der Waals surface area (Å²) in [5.74, 6) is 0.556. The lowest BCUT2D eigenvalue weighted by atomic mass is 10.1. The Kier molecular flexibility index (Phi) is 14.9. The maximum absolute atomic E-state index is 14.5. The molecule has 4 rings (SSSR count). The Morgan fingerprint density at radius 1 is 1.08 bits per heavy atom. The Morgan fingerprint density at radius 2 is 1.61 bits per heavy atom. The minimum absolute atomic E-state index is 0.305. The van der Waals surface area contributed by atoms with Gasteiger partial charge < -0.3 is 19.1 Å². The molecule has 2 aliphatic heterocycles. The molecule has 2 heterocycles. The van der Waals surface area contributed by atoms with Gasteiger partial charge in [-0.1, -0.05) is 43.8 Å². The van der Waals surface area contributed by atoms with E-state index in [-0.39, 0.29) is 5.82 Å².